The minimum absolute atomic E-state index is 0.0389. The number of benzene rings is 2. The third-order valence-corrected chi connectivity index (χ3v) is 5.84. The van der Waals surface area contributed by atoms with Gasteiger partial charge in [0.1, 0.15) is 22.2 Å². The number of halogens is 1. The van der Waals surface area contributed by atoms with E-state index in [1.54, 1.807) is 12.1 Å². The summed E-state index contributed by atoms with van der Waals surface area (Å²) in [5, 5.41) is 13.1. The minimum Gasteiger partial charge on any atom is -0.459 e. The molecule has 0 saturated heterocycles. The van der Waals surface area contributed by atoms with Gasteiger partial charge in [-0.3, -0.25) is 9.69 Å². The lowest BCUT2D eigenvalue weighted by Gasteiger charge is -2.21. The molecule has 0 aliphatic heterocycles. The molecule has 2 heterocycles. The van der Waals surface area contributed by atoms with Gasteiger partial charge in [0.05, 0.1) is 12.6 Å². The van der Waals surface area contributed by atoms with E-state index in [1.165, 1.54) is 23.5 Å². The Morgan fingerprint density at radius 2 is 1.97 bits per heavy atom. The van der Waals surface area contributed by atoms with Crippen molar-refractivity contribution in [2.45, 2.75) is 26.1 Å². The van der Waals surface area contributed by atoms with Gasteiger partial charge in [-0.2, -0.15) is 0 Å². The first-order valence-electron chi connectivity index (χ1n) is 9.53. The molecule has 30 heavy (non-hydrogen) atoms. The zero-order valence-electron chi connectivity index (χ0n) is 16.6. The number of hydrogen-bond donors (Lipinski definition) is 1. The largest absolute Gasteiger partial charge is 0.459 e. The maximum Gasteiger partial charge on any atom is 0.282 e. The van der Waals surface area contributed by atoms with Crippen molar-refractivity contribution in [2.24, 2.45) is 0 Å². The number of rotatable bonds is 7. The van der Waals surface area contributed by atoms with Crippen LogP contribution in [0.5, 0.6) is 0 Å². The average molecular weight is 425 g/mol. The third-order valence-electron chi connectivity index (χ3n) is 4.93. The lowest BCUT2D eigenvalue weighted by atomic mass is 10.2. The van der Waals surface area contributed by atoms with Crippen LogP contribution in [0, 0.1) is 5.82 Å². The highest BCUT2D eigenvalue weighted by Crippen LogP contribution is 2.27. The number of nitrogens with one attached hydrogen (secondary N) is 1. The Hall–Kier alpha value is -3.10. The first-order chi connectivity index (χ1) is 14.5. The molecule has 1 N–H and O–H groups in total. The topological polar surface area (TPSA) is 71.3 Å². The molecule has 2 aromatic heterocycles. The van der Waals surface area contributed by atoms with Gasteiger partial charge in [0.25, 0.3) is 5.91 Å². The molecule has 1 amide bonds. The Morgan fingerprint density at radius 3 is 2.73 bits per heavy atom. The summed E-state index contributed by atoms with van der Waals surface area (Å²) in [6.45, 7) is 2.91. The molecule has 4 rings (SSSR count). The van der Waals surface area contributed by atoms with Gasteiger partial charge in [0, 0.05) is 11.9 Å². The lowest BCUT2D eigenvalue weighted by molar-refractivity contribution is 0.0950. The smallest absolute Gasteiger partial charge is 0.282 e. The van der Waals surface area contributed by atoms with Gasteiger partial charge in [-0.25, -0.2) is 4.39 Å². The second-order valence-corrected chi connectivity index (χ2v) is 8.15. The van der Waals surface area contributed by atoms with E-state index in [1.807, 2.05) is 37.4 Å². The van der Waals surface area contributed by atoms with Crippen LogP contribution in [0.2, 0.25) is 0 Å². The Balaban J connectivity index is 1.35. The maximum atomic E-state index is 13.0. The maximum absolute atomic E-state index is 13.0. The zero-order chi connectivity index (χ0) is 21.1. The number of amides is 1. The van der Waals surface area contributed by atoms with Crippen molar-refractivity contribution >= 4 is 28.2 Å². The molecular weight excluding hydrogens is 403 g/mol. The van der Waals surface area contributed by atoms with Crippen LogP contribution < -0.4 is 5.32 Å². The molecule has 0 aliphatic carbocycles. The number of para-hydroxylation sites is 1. The average Bonchev–Trinajstić information content (AvgIpc) is 3.39. The number of fused-ring (bicyclic) bond motifs is 1. The van der Waals surface area contributed by atoms with E-state index in [0.29, 0.717) is 18.1 Å². The number of carbonyl (C=O) groups is 1. The number of hydrogen-bond acceptors (Lipinski definition) is 6. The van der Waals surface area contributed by atoms with E-state index >= 15 is 0 Å². The highest BCUT2D eigenvalue weighted by Gasteiger charge is 2.19. The van der Waals surface area contributed by atoms with E-state index in [-0.39, 0.29) is 17.8 Å². The second kappa shape index (κ2) is 8.73. The lowest BCUT2D eigenvalue weighted by Crippen LogP contribution is -2.22. The molecule has 0 aliphatic rings. The standard InChI is InChI=1S/C22H21FN4O2S/c1-14(19-11-16-5-3-4-6-18(16)29-19)27(2)13-20-25-26-22(30-20)21(28)24-12-15-7-9-17(23)10-8-15/h3-11,14H,12-13H2,1-2H3,(H,24,28)/t14-/m1/s1. The molecule has 4 aromatic rings. The Bertz CT molecular complexity index is 1120. The van der Waals surface area contributed by atoms with Gasteiger partial charge in [0.2, 0.25) is 5.01 Å². The van der Waals surface area contributed by atoms with Gasteiger partial charge in [-0.1, -0.05) is 41.7 Å². The predicted molar refractivity (Wildman–Crippen MR) is 114 cm³/mol. The summed E-state index contributed by atoms with van der Waals surface area (Å²) >= 11 is 1.26. The summed E-state index contributed by atoms with van der Waals surface area (Å²) in [6.07, 6.45) is 0. The molecule has 2 aromatic carbocycles. The third kappa shape index (κ3) is 4.55. The number of furan rings is 1. The minimum atomic E-state index is -0.306. The highest BCUT2D eigenvalue weighted by molar-refractivity contribution is 7.13. The monoisotopic (exact) mass is 424 g/mol. The molecule has 154 valence electrons. The molecule has 0 radical (unpaired) electrons. The van der Waals surface area contributed by atoms with E-state index in [2.05, 4.69) is 27.3 Å². The zero-order valence-corrected chi connectivity index (χ0v) is 17.4. The first kappa shape index (κ1) is 20.2. The fourth-order valence-electron chi connectivity index (χ4n) is 3.05. The molecule has 0 unspecified atom stereocenters. The van der Waals surface area contributed by atoms with Crippen molar-refractivity contribution < 1.29 is 13.6 Å². The van der Waals surface area contributed by atoms with Gasteiger partial charge in [-0.15, -0.1) is 10.2 Å². The molecule has 0 saturated carbocycles. The Labute approximate surface area is 177 Å². The van der Waals surface area contributed by atoms with Crippen LogP contribution in [0.25, 0.3) is 11.0 Å². The first-order valence-corrected chi connectivity index (χ1v) is 10.3. The van der Waals surface area contributed by atoms with Gasteiger partial charge in [0.15, 0.2) is 0 Å². The summed E-state index contributed by atoms with van der Waals surface area (Å²) in [6, 6.07) is 16.0. The van der Waals surface area contributed by atoms with Gasteiger partial charge >= 0.3 is 0 Å². The molecule has 0 bridgehead atoms. The number of carbonyl (C=O) groups excluding carboxylic acids is 1. The van der Waals surface area contributed by atoms with Crippen LogP contribution in [0.15, 0.2) is 59.0 Å². The van der Waals surface area contributed by atoms with E-state index in [9.17, 15) is 9.18 Å². The van der Waals surface area contributed by atoms with E-state index < -0.39 is 0 Å². The Morgan fingerprint density at radius 1 is 1.20 bits per heavy atom. The van der Waals surface area contributed by atoms with Crippen molar-refractivity contribution in [3.63, 3.8) is 0 Å². The fourth-order valence-corrected chi connectivity index (χ4v) is 3.86. The predicted octanol–water partition coefficient (Wildman–Crippen LogP) is 4.55. The summed E-state index contributed by atoms with van der Waals surface area (Å²) in [4.78, 5) is 14.4. The van der Waals surface area contributed by atoms with Gasteiger partial charge in [-0.05, 0) is 43.8 Å². The van der Waals surface area contributed by atoms with E-state index in [0.717, 1.165) is 27.3 Å². The quantitative estimate of drug-likeness (QED) is 0.471. The SMILES string of the molecule is C[C@H](c1cc2ccccc2o1)N(C)Cc1nnc(C(=O)NCc2ccc(F)cc2)s1. The molecular formula is C22H21FN4O2S. The molecule has 1 atom stereocenters. The molecule has 0 fully saturated rings. The van der Waals surface area contributed by atoms with Crippen LogP contribution in [0.1, 0.15) is 39.1 Å². The van der Waals surface area contributed by atoms with Crippen molar-refractivity contribution in [1.29, 1.82) is 0 Å². The fraction of sp³-hybridized carbons (Fsp3) is 0.227. The van der Waals surface area contributed by atoms with Crippen molar-refractivity contribution in [1.82, 2.24) is 20.4 Å². The molecule has 6 nitrogen and oxygen atoms in total. The van der Waals surface area contributed by atoms with Crippen LogP contribution in [0.3, 0.4) is 0 Å². The van der Waals surface area contributed by atoms with Crippen LogP contribution in [0.4, 0.5) is 4.39 Å². The molecule has 0 spiro atoms. The summed E-state index contributed by atoms with van der Waals surface area (Å²) in [5.74, 6) is 0.274. The van der Waals surface area contributed by atoms with Crippen molar-refractivity contribution in [3.8, 4) is 0 Å². The van der Waals surface area contributed by atoms with Crippen molar-refractivity contribution in [3.05, 3.63) is 81.8 Å². The van der Waals surface area contributed by atoms with Crippen LogP contribution >= 0.6 is 11.3 Å². The highest BCUT2D eigenvalue weighted by atomic mass is 32.1. The van der Waals surface area contributed by atoms with Gasteiger partial charge < -0.3 is 9.73 Å². The summed E-state index contributed by atoms with van der Waals surface area (Å²) in [5.41, 5.74) is 1.68. The number of aromatic nitrogens is 2. The molecule has 8 heteroatoms. The second-order valence-electron chi connectivity index (χ2n) is 7.09. The van der Waals surface area contributed by atoms with Crippen LogP contribution in [-0.4, -0.2) is 28.1 Å². The number of nitrogens with zero attached hydrogens (tertiary/aromatic N) is 3. The summed E-state index contributed by atoms with van der Waals surface area (Å²) < 4.78 is 18.9. The normalized spacial score (nSPS) is 12.4. The Kier molecular flexibility index (Phi) is 5.87. The van der Waals surface area contributed by atoms with Crippen LogP contribution in [-0.2, 0) is 13.1 Å². The van der Waals surface area contributed by atoms with Crippen molar-refractivity contribution in [2.75, 3.05) is 7.05 Å². The van der Waals surface area contributed by atoms with E-state index in [4.69, 9.17) is 4.42 Å². The summed E-state index contributed by atoms with van der Waals surface area (Å²) in [7, 11) is 1.98.